The highest BCUT2D eigenvalue weighted by atomic mass is 16.7. The van der Waals surface area contributed by atoms with Crippen LogP contribution in [0.1, 0.15) is 176 Å². The van der Waals surface area contributed by atoms with Crippen LogP contribution in [0.3, 0.4) is 0 Å². The van der Waals surface area contributed by atoms with Crippen LogP contribution in [0.5, 0.6) is 0 Å². The van der Waals surface area contributed by atoms with Gasteiger partial charge in [0.25, 0.3) is 0 Å². The molecule has 0 aromatic carbocycles. The normalized spacial score (nSPS) is 39.4. The van der Waals surface area contributed by atoms with Gasteiger partial charge in [0.2, 0.25) is 0 Å². The first-order chi connectivity index (χ1) is 22.6. The number of rotatable bonds is 16. The molecule has 0 radical (unpaired) electrons. The summed E-state index contributed by atoms with van der Waals surface area (Å²) in [5, 5.41) is 11.4. The first-order valence-electron chi connectivity index (χ1n) is 20.4. The van der Waals surface area contributed by atoms with E-state index in [1.54, 1.807) is 0 Å². The van der Waals surface area contributed by atoms with Crippen molar-refractivity contribution >= 4 is 5.97 Å². The Morgan fingerprint density at radius 2 is 1.57 bits per heavy atom. The third kappa shape index (κ3) is 7.17. The van der Waals surface area contributed by atoms with Gasteiger partial charge in [-0.2, -0.15) is 0 Å². The van der Waals surface area contributed by atoms with E-state index < -0.39 is 5.79 Å². The minimum atomic E-state index is -0.435. The van der Waals surface area contributed by atoms with Crippen LogP contribution >= 0.6 is 0 Å². The van der Waals surface area contributed by atoms with Gasteiger partial charge in [0.1, 0.15) is 5.60 Å². The van der Waals surface area contributed by atoms with Crippen molar-refractivity contribution < 1.29 is 24.1 Å². The number of hydrogen-bond donors (Lipinski definition) is 1. The fourth-order valence-electron chi connectivity index (χ4n) is 12.1. The molecule has 0 saturated heterocycles. The number of esters is 1. The highest BCUT2D eigenvalue weighted by molar-refractivity contribution is 5.70. The summed E-state index contributed by atoms with van der Waals surface area (Å²) < 4.78 is 19.7. The summed E-state index contributed by atoms with van der Waals surface area (Å²) in [6.07, 6.45) is 26.9. The molecular formula is C42H72O5. The van der Waals surface area contributed by atoms with Crippen LogP contribution in [0.2, 0.25) is 0 Å². The molecule has 47 heavy (non-hydrogen) atoms. The van der Waals surface area contributed by atoms with Crippen molar-refractivity contribution in [2.75, 3.05) is 13.7 Å². The van der Waals surface area contributed by atoms with E-state index in [1.165, 1.54) is 56.9 Å². The summed E-state index contributed by atoms with van der Waals surface area (Å²) >= 11 is 0. The Hall–Kier alpha value is -0.910. The molecular weight excluding hydrogens is 584 g/mol. The molecule has 0 aliphatic heterocycles. The first-order valence-corrected chi connectivity index (χ1v) is 20.4. The predicted octanol–water partition coefficient (Wildman–Crippen LogP) is 10.7. The predicted molar refractivity (Wildman–Crippen MR) is 191 cm³/mol. The largest absolute Gasteiger partial charge is 0.458 e. The number of unbranched alkanes of at least 4 members (excludes halogenated alkanes) is 7. The van der Waals surface area contributed by atoms with E-state index in [-0.39, 0.29) is 35.1 Å². The lowest BCUT2D eigenvalue weighted by Crippen LogP contribution is -2.60. The van der Waals surface area contributed by atoms with Gasteiger partial charge in [-0.3, -0.25) is 4.79 Å². The molecule has 5 aliphatic rings. The van der Waals surface area contributed by atoms with Crippen LogP contribution in [0.25, 0.3) is 0 Å². The van der Waals surface area contributed by atoms with Gasteiger partial charge in [-0.15, -0.1) is 0 Å². The van der Waals surface area contributed by atoms with Crippen LogP contribution in [0.15, 0.2) is 11.6 Å². The number of hydrogen-bond acceptors (Lipinski definition) is 5. The number of carbonyl (C=O) groups excluding carboxylic acids is 1. The molecule has 0 amide bonds. The topological polar surface area (TPSA) is 65.0 Å². The lowest BCUT2D eigenvalue weighted by atomic mass is 9.43. The van der Waals surface area contributed by atoms with Crippen molar-refractivity contribution in [1.82, 2.24) is 0 Å². The molecule has 1 N–H and O–H groups in total. The Morgan fingerprint density at radius 3 is 2.26 bits per heavy atom. The standard InChI is InChI=1S/C42H72O5/c1-7-9-11-12-13-14-16-19-37(44)47-40(22-10-8-2)26-21-35-38-31(3)27-33-29-34(46-41(45-6)23-17-15-18-24-41)28-32(4)42(33,30-43)36(38)20-25-39(35,40)5/h27,31-32,34-36,38,43H,7-26,28-30H2,1-6H3/t31?,32?,34?,35-,36+,38-,39-,40?,42-/m0/s1. The average Bonchev–Trinajstić information content (AvgIpc) is 3.35. The quantitative estimate of drug-likeness (QED) is 0.0775. The van der Waals surface area contributed by atoms with Crippen molar-refractivity contribution in [2.45, 2.75) is 193 Å². The number of allylic oxidation sites excluding steroid dienone is 1. The van der Waals surface area contributed by atoms with E-state index in [9.17, 15) is 9.90 Å². The summed E-state index contributed by atoms with van der Waals surface area (Å²) in [5.41, 5.74) is 0.927. The van der Waals surface area contributed by atoms with Gasteiger partial charge in [0.15, 0.2) is 5.79 Å². The second kappa shape index (κ2) is 16.0. The van der Waals surface area contributed by atoms with Crippen molar-refractivity contribution in [3.8, 4) is 0 Å². The minimum Gasteiger partial charge on any atom is -0.458 e. The molecule has 0 bridgehead atoms. The van der Waals surface area contributed by atoms with Gasteiger partial charge >= 0.3 is 5.97 Å². The molecule has 0 heterocycles. The molecule has 4 unspecified atom stereocenters. The highest BCUT2D eigenvalue weighted by Crippen LogP contribution is 2.70. The maximum absolute atomic E-state index is 13.5. The molecule has 0 spiro atoms. The molecule has 0 aromatic rings. The average molecular weight is 657 g/mol. The van der Waals surface area contributed by atoms with Gasteiger partial charge in [0, 0.05) is 37.2 Å². The fourth-order valence-corrected chi connectivity index (χ4v) is 12.1. The van der Waals surface area contributed by atoms with Crippen molar-refractivity contribution in [3.63, 3.8) is 0 Å². The van der Waals surface area contributed by atoms with Gasteiger partial charge in [0.05, 0.1) is 12.7 Å². The van der Waals surface area contributed by atoms with E-state index in [0.717, 1.165) is 83.5 Å². The molecule has 4 fully saturated rings. The zero-order valence-corrected chi connectivity index (χ0v) is 31.4. The second-order valence-corrected chi connectivity index (χ2v) is 17.2. The molecule has 9 atom stereocenters. The van der Waals surface area contributed by atoms with Crippen molar-refractivity contribution in [3.05, 3.63) is 11.6 Å². The zero-order chi connectivity index (χ0) is 33.7. The van der Waals surface area contributed by atoms with E-state index >= 15 is 0 Å². The number of aliphatic hydroxyl groups is 1. The third-order valence-corrected chi connectivity index (χ3v) is 14.8. The summed E-state index contributed by atoms with van der Waals surface area (Å²) in [7, 11) is 1.83. The summed E-state index contributed by atoms with van der Waals surface area (Å²) in [6, 6.07) is 0. The van der Waals surface area contributed by atoms with Crippen molar-refractivity contribution in [1.29, 1.82) is 0 Å². The maximum Gasteiger partial charge on any atom is 0.306 e. The number of aliphatic hydroxyl groups excluding tert-OH is 1. The van der Waals surface area contributed by atoms with Gasteiger partial charge in [-0.25, -0.2) is 0 Å². The molecule has 5 heteroatoms. The molecule has 5 nitrogen and oxygen atoms in total. The second-order valence-electron chi connectivity index (χ2n) is 17.2. The summed E-state index contributed by atoms with van der Waals surface area (Å²) in [6.45, 7) is 12.1. The number of carbonyl (C=O) groups is 1. The highest BCUT2D eigenvalue weighted by Gasteiger charge is 2.67. The molecule has 0 aromatic heterocycles. The molecule has 4 saturated carbocycles. The number of fused-ring (bicyclic) bond motifs is 5. The third-order valence-electron chi connectivity index (χ3n) is 14.8. The number of methoxy groups -OCH3 is 1. The van der Waals surface area contributed by atoms with Crippen LogP contribution in [0.4, 0.5) is 0 Å². The molecule has 270 valence electrons. The lowest BCUT2D eigenvalue weighted by molar-refractivity contribution is -0.269. The summed E-state index contributed by atoms with van der Waals surface area (Å²) in [4.78, 5) is 13.5. The molecule has 5 aliphatic carbocycles. The Bertz CT molecular complexity index is 1050. The van der Waals surface area contributed by atoms with E-state index in [4.69, 9.17) is 14.2 Å². The van der Waals surface area contributed by atoms with E-state index in [2.05, 4.69) is 40.7 Å². The Balaban J connectivity index is 1.33. The maximum atomic E-state index is 13.5. The zero-order valence-electron chi connectivity index (χ0n) is 31.4. The van der Waals surface area contributed by atoms with Crippen LogP contribution in [0, 0.1) is 40.4 Å². The minimum absolute atomic E-state index is 0.00915. The van der Waals surface area contributed by atoms with E-state index in [1.807, 2.05) is 7.11 Å². The van der Waals surface area contributed by atoms with Gasteiger partial charge in [-0.05, 0) is 100 Å². The summed E-state index contributed by atoms with van der Waals surface area (Å²) in [5.74, 6) is 1.90. The Kier molecular flexibility index (Phi) is 12.7. The fraction of sp³-hybridized carbons (Fsp3) is 0.929. The smallest absolute Gasteiger partial charge is 0.306 e. The number of ether oxygens (including phenoxy) is 3. The Labute approximate surface area is 288 Å². The van der Waals surface area contributed by atoms with Gasteiger partial charge < -0.3 is 19.3 Å². The van der Waals surface area contributed by atoms with Crippen LogP contribution < -0.4 is 0 Å². The SMILES string of the molecule is CCCCCCCCCC(=O)OC1(CCCC)CC[C@H]2[C@@H]3C(C)C=C4CC(OC5(OC)CCCCC5)CC(C)[C@]4(CO)[C@@H]3CC[C@@]21C. The monoisotopic (exact) mass is 657 g/mol. The first kappa shape index (κ1) is 37.3. The van der Waals surface area contributed by atoms with Crippen LogP contribution in [-0.2, 0) is 19.0 Å². The van der Waals surface area contributed by atoms with E-state index in [0.29, 0.717) is 36.0 Å². The van der Waals surface area contributed by atoms with Crippen molar-refractivity contribution in [2.24, 2.45) is 40.4 Å². The van der Waals surface area contributed by atoms with Crippen LogP contribution in [-0.4, -0.2) is 42.3 Å². The lowest BCUT2D eigenvalue weighted by Gasteiger charge is -2.63. The molecule has 5 rings (SSSR count). The Morgan fingerprint density at radius 1 is 0.894 bits per heavy atom. The van der Waals surface area contributed by atoms with Gasteiger partial charge in [-0.1, -0.05) is 97.6 Å².